The van der Waals surface area contributed by atoms with Crippen molar-refractivity contribution in [3.05, 3.63) is 30.6 Å². The molecule has 0 aliphatic heterocycles. The van der Waals surface area contributed by atoms with Crippen LogP contribution in [0.5, 0.6) is 0 Å². The molecule has 0 bridgehead atoms. The first-order chi connectivity index (χ1) is 7.59. The van der Waals surface area contributed by atoms with Crippen LogP contribution in [0.15, 0.2) is 25.0 Å². The minimum absolute atomic E-state index is 0.109. The van der Waals surface area contributed by atoms with Crippen LogP contribution < -0.4 is 5.32 Å². The van der Waals surface area contributed by atoms with E-state index in [1.165, 1.54) is 12.0 Å². The van der Waals surface area contributed by atoms with Gasteiger partial charge in [-0.25, -0.2) is 0 Å². The lowest BCUT2D eigenvalue weighted by molar-refractivity contribution is 0.391. The smallest absolute Gasteiger partial charge is 0.0521 e. The zero-order valence-corrected chi connectivity index (χ0v) is 10.7. The van der Waals surface area contributed by atoms with Crippen molar-refractivity contribution >= 4 is 0 Å². The molecule has 1 rings (SSSR count). The fourth-order valence-electron chi connectivity index (χ4n) is 1.79. The van der Waals surface area contributed by atoms with E-state index < -0.39 is 0 Å². The van der Waals surface area contributed by atoms with Gasteiger partial charge in [-0.2, -0.15) is 5.10 Å². The van der Waals surface area contributed by atoms with Crippen molar-refractivity contribution in [2.45, 2.75) is 26.7 Å². The van der Waals surface area contributed by atoms with Crippen molar-refractivity contribution in [3.63, 3.8) is 0 Å². The molecule has 0 radical (unpaired) electrons. The third-order valence-corrected chi connectivity index (χ3v) is 2.81. The van der Waals surface area contributed by atoms with Gasteiger partial charge in [0, 0.05) is 25.2 Å². The molecule has 0 aliphatic rings. The van der Waals surface area contributed by atoms with Gasteiger partial charge in [-0.15, -0.1) is 6.58 Å². The molecule has 0 fully saturated rings. The van der Waals surface area contributed by atoms with Crippen molar-refractivity contribution in [1.29, 1.82) is 0 Å². The highest BCUT2D eigenvalue weighted by molar-refractivity contribution is 5.10. The maximum atomic E-state index is 4.19. The second-order valence-corrected chi connectivity index (χ2v) is 4.73. The fraction of sp³-hybridized carbons (Fsp3) is 0.615. The first-order valence-electron chi connectivity index (χ1n) is 5.91. The van der Waals surface area contributed by atoms with E-state index in [0.717, 1.165) is 19.5 Å². The first-order valence-corrected chi connectivity index (χ1v) is 5.91. The summed E-state index contributed by atoms with van der Waals surface area (Å²) in [6, 6.07) is 0. The maximum Gasteiger partial charge on any atom is 0.0521 e. The van der Waals surface area contributed by atoms with Crippen LogP contribution in [-0.2, 0) is 13.5 Å². The van der Waals surface area contributed by atoms with Gasteiger partial charge in [-0.3, -0.25) is 4.68 Å². The summed E-state index contributed by atoms with van der Waals surface area (Å²) in [5.41, 5.74) is 1.38. The fourth-order valence-corrected chi connectivity index (χ4v) is 1.79. The Morgan fingerprint density at radius 1 is 1.62 bits per heavy atom. The topological polar surface area (TPSA) is 29.9 Å². The van der Waals surface area contributed by atoms with Gasteiger partial charge in [0.1, 0.15) is 0 Å². The minimum atomic E-state index is 0.109. The number of nitrogens with zero attached hydrogens (tertiary/aromatic N) is 2. The second kappa shape index (κ2) is 5.85. The summed E-state index contributed by atoms with van der Waals surface area (Å²) in [5, 5.41) is 7.65. The van der Waals surface area contributed by atoms with Crippen molar-refractivity contribution < 1.29 is 0 Å². The molecule has 3 nitrogen and oxygen atoms in total. The van der Waals surface area contributed by atoms with E-state index in [0.29, 0.717) is 0 Å². The Hall–Kier alpha value is -1.09. The summed E-state index contributed by atoms with van der Waals surface area (Å²) in [5.74, 6) is 0. The van der Waals surface area contributed by atoms with Gasteiger partial charge in [-0.05, 0) is 24.9 Å². The van der Waals surface area contributed by atoms with E-state index in [1.807, 2.05) is 24.0 Å². The molecule has 1 aromatic heterocycles. The summed E-state index contributed by atoms with van der Waals surface area (Å²) in [6.07, 6.45) is 8.20. The van der Waals surface area contributed by atoms with Crippen molar-refractivity contribution in [2.24, 2.45) is 12.5 Å². The van der Waals surface area contributed by atoms with Crippen LogP contribution in [0.3, 0.4) is 0 Å². The summed E-state index contributed by atoms with van der Waals surface area (Å²) >= 11 is 0. The van der Waals surface area contributed by atoms with Gasteiger partial charge in [0.25, 0.3) is 0 Å². The molecule has 1 heterocycles. The van der Waals surface area contributed by atoms with Crippen LogP contribution in [0.1, 0.15) is 25.8 Å². The third-order valence-electron chi connectivity index (χ3n) is 2.81. The Balaban J connectivity index is 2.55. The van der Waals surface area contributed by atoms with E-state index >= 15 is 0 Å². The second-order valence-electron chi connectivity index (χ2n) is 4.73. The van der Waals surface area contributed by atoms with Crippen LogP contribution in [0.25, 0.3) is 0 Å². The Labute approximate surface area is 98.5 Å². The maximum absolute atomic E-state index is 4.19. The quantitative estimate of drug-likeness (QED) is 0.565. The van der Waals surface area contributed by atoms with Crippen molar-refractivity contribution in [2.75, 3.05) is 13.1 Å². The lowest BCUT2D eigenvalue weighted by Crippen LogP contribution is -2.32. The van der Waals surface area contributed by atoms with Gasteiger partial charge < -0.3 is 5.32 Å². The Morgan fingerprint density at radius 3 is 2.88 bits per heavy atom. The Morgan fingerprint density at radius 2 is 2.38 bits per heavy atom. The monoisotopic (exact) mass is 221 g/mol. The molecule has 90 valence electrons. The number of aryl methyl sites for hydroxylation is 1. The summed E-state index contributed by atoms with van der Waals surface area (Å²) in [7, 11) is 1.95. The molecule has 16 heavy (non-hydrogen) atoms. The number of nitrogens with one attached hydrogen (secondary N) is 1. The summed E-state index contributed by atoms with van der Waals surface area (Å²) in [6.45, 7) is 10.4. The Bertz CT molecular complexity index is 330. The van der Waals surface area contributed by atoms with Gasteiger partial charge in [-0.1, -0.05) is 19.9 Å². The van der Waals surface area contributed by atoms with Gasteiger partial charge in [0.15, 0.2) is 0 Å². The molecule has 0 aliphatic carbocycles. The van der Waals surface area contributed by atoms with Crippen LogP contribution in [0.4, 0.5) is 0 Å². The molecule has 3 heteroatoms. The molecular weight excluding hydrogens is 198 g/mol. The lowest BCUT2D eigenvalue weighted by Gasteiger charge is -2.25. The minimum Gasteiger partial charge on any atom is -0.316 e. The number of hydrogen-bond donors (Lipinski definition) is 1. The van der Waals surface area contributed by atoms with E-state index in [4.69, 9.17) is 0 Å². The predicted octanol–water partition coefficient (Wildman–Crippen LogP) is 2.15. The largest absolute Gasteiger partial charge is 0.316 e. The molecule has 1 unspecified atom stereocenters. The zero-order chi connectivity index (χ0) is 12.0. The highest BCUT2D eigenvalue weighted by Crippen LogP contribution is 2.22. The predicted molar refractivity (Wildman–Crippen MR) is 68.4 cm³/mol. The van der Waals surface area contributed by atoms with Crippen LogP contribution in [-0.4, -0.2) is 22.9 Å². The normalized spacial score (nSPS) is 14.7. The molecule has 0 saturated carbocycles. The van der Waals surface area contributed by atoms with Gasteiger partial charge in [0.2, 0.25) is 0 Å². The van der Waals surface area contributed by atoms with Crippen LogP contribution in [0.2, 0.25) is 0 Å². The first kappa shape index (κ1) is 13.0. The van der Waals surface area contributed by atoms with Crippen LogP contribution in [0, 0.1) is 5.41 Å². The molecule has 1 N–H and O–H groups in total. The SMILES string of the molecule is C=CC(C)(CNCCC)Cc1cnn(C)c1. The van der Waals surface area contributed by atoms with Crippen molar-refractivity contribution in [3.8, 4) is 0 Å². The standard InChI is InChI=1S/C13H23N3/c1-5-7-14-11-13(3,6-2)8-12-9-15-16(4)10-12/h6,9-10,14H,2,5,7-8,11H2,1,3-4H3. The molecule has 0 spiro atoms. The number of hydrogen-bond acceptors (Lipinski definition) is 2. The molecule has 1 aromatic rings. The summed E-state index contributed by atoms with van der Waals surface area (Å²) < 4.78 is 1.85. The third kappa shape index (κ3) is 3.81. The average Bonchev–Trinajstić information content (AvgIpc) is 2.64. The van der Waals surface area contributed by atoms with Gasteiger partial charge >= 0.3 is 0 Å². The molecule has 0 amide bonds. The molecule has 1 atom stereocenters. The molecular formula is C13H23N3. The van der Waals surface area contributed by atoms with Gasteiger partial charge in [0.05, 0.1) is 6.20 Å². The lowest BCUT2D eigenvalue weighted by atomic mass is 9.84. The number of rotatable bonds is 7. The summed E-state index contributed by atoms with van der Waals surface area (Å²) in [4.78, 5) is 0. The number of aromatic nitrogens is 2. The van der Waals surface area contributed by atoms with E-state index in [1.54, 1.807) is 0 Å². The average molecular weight is 221 g/mol. The molecule has 0 saturated heterocycles. The van der Waals surface area contributed by atoms with E-state index in [2.05, 4.69) is 37.0 Å². The van der Waals surface area contributed by atoms with Crippen LogP contribution >= 0.6 is 0 Å². The highest BCUT2D eigenvalue weighted by atomic mass is 15.2. The van der Waals surface area contributed by atoms with Crippen molar-refractivity contribution in [1.82, 2.24) is 15.1 Å². The zero-order valence-electron chi connectivity index (χ0n) is 10.7. The highest BCUT2D eigenvalue weighted by Gasteiger charge is 2.20. The Kier molecular flexibility index (Phi) is 4.74. The molecule has 0 aromatic carbocycles. The van der Waals surface area contributed by atoms with E-state index in [9.17, 15) is 0 Å². The van der Waals surface area contributed by atoms with E-state index in [-0.39, 0.29) is 5.41 Å².